The van der Waals surface area contributed by atoms with Crippen LogP contribution in [-0.2, 0) is 0 Å². The van der Waals surface area contributed by atoms with Gasteiger partial charge in [-0.25, -0.2) is 19.3 Å². The maximum atomic E-state index is 11.2. The third-order valence-corrected chi connectivity index (χ3v) is 3.48. The summed E-state index contributed by atoms with van der Waals surface area (Å²) in [6, 6.07) is 5.83. The predicted molar refractivity (Wildman–Crippen MR) is 87.2 cm³/mol. The van der Waals surface area contributed by atoms with E-state index in [-0.39, 0.29) is 11.5 Å². The second kappa shape index (κ2) is 6.00. The van der Waals surface area contributed by atoms with E-state index in [1.165, 1.54) is 6.20 Å². The van der Waals surface area contributed by atoms with E-state index in [0.717, 1.165) is 11.1 Å². The van der Waals surface area contributed by atoms with Crippen molar-refractivity contribution in [1.82, 2.24) is 19.6 Å². The van der Waals surface area contributed by atoms with Crippen LogP contribution in [0.4, 0.5) is 0 Å². The van der Waals surface area contributed by atoms with E-state index in [4.69, 9.17) is 0 Å². The Morgan fingerprint density at radius 1 is 1.26 bits per heavy atom. The molecule has 0 aromatic carbocycles. The average molecular weight is 308 g/mol. The number of aromatic nitrogens is 4. The van der Waals surface area contributed by atoms with Crippen LogP contribution >= 0.6 is 0 Å². The molecule has 6 nitrogen and oxygen atoms in total. The Morgan fingerprint density at radius 3 is 2.83 bits per heavy atom. The number of carboxylic acid groups (broad SMARTS) is 1. The first-order valence-corrected chi connectivity index (χ1v) is 7.27. The number of carbonyl (C=O) groups is 1. The summed E-state index contributed by atoms with van der Waals surface area (Å²) in [5.74, 6) is -0.519. The molecule has 116 valence electrons. The van der Waals surface area contributed by atoms with Gasteiger partial charge < -0.3 is 5.11 Å². The molecule has 0 aliphatic heterocycles. The first kappa shape index (κ1) is 14.9. The maximum Gasteiger partial charge on any atom is 0.339 e. The van der Waals surface area contributed by atoms with Gasteiger partial charge >= 0.3 is 5.97 Å². The standard InChI is InChI=1S/C17H16N4O2/c1-11(2)16-13(17(22)23)10-18-15(20-16)7-6-12-9-19-21-8-4-3-5-14(12)21/h3-11H,1-2H3,(H,22,23)/b7-6+. The van der Waals surface area contributed by atoms with Crippen molar-refractivity contribution >= 4 is 23.6 Å². The Morgan fingerprint density at radius 2 is 2.09 bits per heavy atom. The fourth-order valence-corrected chi connectivity index (χ4v) is 2.34. The average Bonchev–Trinajstić information content (AvgIpc) is 2.95. The van der Waals surface area contributed by atoms with Crippen molar-refractivity contribution in [3.05, 3.63) is 59.4 Å². The molecule has 3 aromatic heterocycles. The lowest BCUT2D eigenvalue weighted by atomic mass is 10.1. The molecule has 0 atom stereocenters. The van der Waals surface area contributed by atoms with Crippen LogP contribution in [0.5, 0.6) is 0 Å². The number of carboxylic acids is 1. The Hall–Kier alpha value is -3.02. The minimum Gasteiger partial charge on any atom is -0.478 e. The molecule has 0 saturated carbocycles. The number of hydrogen-bond donors (Lipinski definition) is 1. The molecule has 0 fully saturated rings. The van der Waals surface area contributed by atoms with Crippen LogP contribution < -0.4 is 0 Å². The Kier molecular flexibility index (Phi) is 3.89. The number of pyridine rings is 1. The Bertz CT molecular complexity index is 896. The summed E-state index contributed by atoms with van der Waals surface area (Å²) >= 11 is 0. The number of nitrogens with zero attached hydrogens (tertiary/aromatic N) is 4. The van der Waals surface area contributed by atoms with Gasteiger partial charge in [0, 0.05) is 18.0 Å². The van der Waals surface area contributed by atoms with Gasteiger partial charge in [-0.05, 0) is 30.2 Å². The van der Waals surface area contributed by atoms with E-state index in [1.54, 1.807) is 16.8 Å². The minimum absolute atomic E-state index is 0.00762. The van der Waals surface area contributed by atoms with E-state index in [1.807, 2.05) is 44.3 Å². The molecule has 0 bridgehead atoms. The number of hydrogen-bond acceptors (Lipinski definition) is 4. The number of rotatable bonds is 4. The van der Waals surface area contributed by atoms with Crippen molar-refractivity contribution in [1.29, 1.82) is 0 Å². The molecule has 3 aromatic rings. The van der Waals surface area contributed by atoms with Gasteiger partial charge in [0.1, 0.15) is 0 Å². The molecule has 0 unspecified atom stereocenters. The lowest BCUT2D eigenvalue weighted by molar-refractivity contribution is 0.0694. The van der Waals surface area contributed by atoms with Gasteiger partial charge in [-0.1, -0.05) is 19.9 Å². The first-order chi connectivity index (χ1) is 11.1. The van der Waals surface area contributed by atoms with Crippen LogP contribution in [0.1, 0.15) is 47.2 Å². The predicted octanol–water partition coefficient (Wildman–Crippen LogP) is 3.12. The molecule has 0 radical (unpaired) electrons. The smallest absolute Gasteiger partial charge is 0.339 e. The zero-order valence-electron chi connectivity index (χ0n) is 12.8. The second-order valence-corrected chi connectivity index (χ2v) is 5.45. The molecule has 0 amide bonds. The van der Waals surface area contributed by atoms with Gasteiger partial charge in [0.05, 0.1) is 23.0 Å². The van der Waals surface area contributed by atoms with Crippen molar-refractivity contribution < 1.29 is 9.90 Å². The van der Waals surface area contributed by atoms with Crippen LogP contribution in [-0.4, -0.2) is 30.7 Å². The van der Waals surface area contributed by atoms with Gasteiger partial charge in [-0.2, -0.15) is 5.10 Å². The minimum atomic E-state index is -1.01. The highest BCUT2D eigenvalue weighted by molar-refractivity contribution is 5.88. The molecule has 0 aliphatic carbocycles. The van der Waals surface area contributed by atoms with Crippen molar-refractivity contribution in [3.8, 4) is 0 Å². The van der Waals surface area contributed by atoms with Crippen LogP contribution in [0.15, 0.2) is 36.8 Å². The molecule has 1 N–H and O–H groups in total. The quantitative estimate of drug-likeness (QED) is 0.801. The third-order valence-electron chi connectivity index (χ3n) is 3.48. The van der Waals surface area contributed by atoms with Crippen molar-refractivity contribution in [2.75, 3.05) is 0 Å². The summed E-state index contributed by atoms with van der Waals surface area (Å²) in [7, 11) is 0. The second-order valence-electron chi connectivity index (χ2n) is 5.45. The van der Waals surface area contributed by atoms with Crippen LogP contribution in [0.25, 0.3) is 17.7 Å². The Labute approximate surface area is 133 Å². The SMILES string of the molecule is CC(C)c1nc(/C=C/c2cnn3ccccc23)ncc1C(=O)O. The van der Waals surface area contributed by atoms with Crippen molar-refractivity contribution in [3.63, 3.8) is 0 Å². The summed E-state index contributed by atoms with van der Waals surface area (Å²) in [5.41, 5.74) is 2.61. The normalized spacial score (nSPS) is 11.6. The monoisotopic (exact) mass is 308 g/mol. The molecule has 0 aliphatic rings. The zero-order valence-corrected chi connectivity index (χ0v) is 12.8. The third kappa shape index (κ3) is 2.96. The molecular formula is C17H16N4O2. The molecule has 23 heavy (non-hydrogen) atoms. The number of fused-ring (bicyclic) bond motifs is 1. The van der Waals surface area contributed by atoms with E-state index in [2.05, 4.69) is 15.1 Å². The molecular weight excluding hydrogens is 292 g/mol. The highest BCUT2D eigenvalue weighted by atomic mass is 16.4. The number of aromatic carboxylic acids is 1. The van der Waals surface area contributed by atoms with Gasteiger partial charge in [-0.3, -0.25) is 0 Å². The zero-order chi connectivity index (χ0) is 16.4. The van der Waals surface area contributed by atoms with Crippen molar-refractivity contribution in [2.24, 2.45) is 0 Å². The van der Waals surface area contributed by atoms with Crippen LogP contribution in [0.3, 0.4) is 0 Å². The fraction of sp³-hybridized carbons (Fsp3) is 0.176. The highest BCUT2D eigenvalue weighted by Crippen LogP contribution is 2.18. The lowest BCUT2D eigenvalue weighted by Crippen LogP contribution is -2.08. The molecule has 0 spiro atoms. The first-order valence-electron chi connectivity index (χ1n) is 7.27. The fourth-order valence-electron chi connectivity index (χ4n) is 2.34. The Balaban J connectivity index is 1.96. The summed E-state index contributed by atoms with van der Waals surface area (Å²) in [6.45, 7) is 3.82. The van der Waals surface area contributed by atoms with Crippen LogP contribution in [0.2, 0.25) is 0 Å². The van der Waals surface area contributed by atoms with Gasteiger partial charge in [0.25, 0.3) is 0 Å². The molecule has 6 heteroatoms. The molecule has 3 rings (SSSR count). The highest BCUT2D eigenvalue weighted by Gasteiger charge is 2.15. The van der Waals surface area contributed by atoms with Gasteiger partial charge in [0.15, 0.2) is 5.82 Å². The molecule has 0 saturated heterocycles. The van der Waals surface area contributed by atoms with E-state index in [9.17, 15) is 9.90 Å². The summed E-state index contributed by atoms with van der Waals surface area (Å²) in [5, 5.41) is 13.5. The summed E-state index contributed by atoms with van der Waals surface area (Å²) in [6.07, 6.45) is 8.65. The van der Waals surface area contributed by atoms with E-state index in [0.29, 0.717) is 11.5 Å². The van der Waals surface area contributed by atoms with Crippen LogP contribution in [0, 0.1) is 0 Å². The molecule has 3 heterocycles. The van der Waals surface area contributed by atoms with E-state index < -0.39 is 5.97 Å². The van der Waals surface area contributed by atoms with Crippen molar-refractivity contribution in [2.45, 2.75) is 19.8 Å². The lowest BCUT2D eigenvalue weighted by Gasteiger charge is -2.08. The maximum absolute atomic E-state index is 11.2. The van der Waals surface area contributed by atoms with Gasteiger partial charge in [-0.15, -0.1) is 0 Å². The topological polar surface area (TPSA) is 80.4 Å². The van der Waals surface area contributed by atoms with E-state index >= 15 is 0 Å². The summed E-state index contributed by atoms with van der Waals surface area (Å²) in [4.78, 5) is 19.7. The largest absolute Gasteiger partial charge is 0.478 e. The summed E-state index contributed by atoms with van der Waals surface area (Å²) < 4.78 is 1.79. The van der Waals surface area contributed by atoms with Gasteiger partial charge in [0.2, 0.25) is 0 Å².